The number of likely N-dealkylation sites (tertiary alicyclic amines) is 1. The lowest BCUT2D eigenvalue weighted by Crippen LogP contribution is -2.33. The van der Waals surface area contributed by atoms with Crippen molar-refractivity contribution in [2.45, 2.75) is 25.8 Å². The van der Waals surface area contributed by atoms with Crippen LogP contribution in [0.3, 0.4) is 0 Å². The van der Waals surface area contributed by atoms with Gasteiger partial charge < -0.3 is 14.5 Å². The van der Waals surface area contributed by atoms with E-state index in [4.69, 9.17) is 4.74 Å². The maximum Gasteiger partial charge on any atom is 0.252 e. The average Bonchev–Trinajstić information content (AvgIpc) is 3.04. The van der Waals surface area contributed by atoms with Gasteiger partial charge in [0.25, 0.3) is 5.91 Å². The van der Waals surface area contributed by atoms with E-state index in [1.807, 2.05) is 17.2 Å². The van der Waals surface area contributed by atoms with Crippen LogP contribution < -0.4 is 0 Å². The first-order valence-corrected chi connectivity index (χ1v) is 8.40. The van der Waals surface area contributed by atoms with Gasteiger partial charge in [-0.3, -0.25) is 9.78 Å². The van der Waals surface area contributed by atoms with Crippen LogP contribution >= 0.6 is 0 Å². The average molecular weight is 315 g/mol. The summed E-state index contributed by atoms with van der Waals surface area (Å²) in [6.45, 7) is 4.36. The molecule has 5 heteroatoms. The topological polar surface area (TPSA) is 45.7 Å². The monoisotopic (exact) mass is 315 g/mol. The van der Waals surface area contributed by atoms with Crippen LogP contribution in [-0.2, 0) is 16.1 Å². The van der Waals surface area contributed by atoms with Crippen molar-refractivity contribution in [3.05, 3.63) is 41.9 Å². The second-order valence-electron chi connectivity index (χ2n) is 6.58. The molecule has 1 amide bonds. The molecular formula is C18H25N3O2. The maximum atomic E-state index is 12.5. The first-order valence-electron chi connectivity index (χ1n) is 8.40. The van der Waals surface area contributed by atoms with E-state index in [2.05, 4.69) is 23.0 Å². The summed E-state index contributed by atoms with van der Waals surface area (Å²) in [5.74, 6) is 0.716. The number of hydrogen-bond acceptors (Lipinski definition) is 4. The highest BCUT2D eigenvalue weighted by atomic mass is 16.5. The van der Waals surface area contributed by atoms with Gasteiger partial charge in [-0.1, -0.05) is 6.07 Å². The molecule has 124 valence electrons. The van der Waals surface area contributed by atoms with Crippen molar-refractivity contribution in [2.75, 3.05) is 33.3 Å². The van der Waals surface area contributed by atoms with Crippen LogP contribution in [0.5, 0.6) is 0 Å². The molecular weight excluding hydrogens is 290 g/mol. The summed E-state index contributed by atoms with van der Waals surface area (Å²) in [7, 11) is 2.13. The fraction of sp³-hybridized carbons (Fsp3) is 0.556. The molecule has 2 aliphatic rings. The zero-order valence-corrected chi connectivity index (χ0v) is 13.8. The Hall–Kier alpha value is -1.88. The normalized spacial score (nSPS) is 21.2. The SMILES string of the molecule is CN(Cc1cccnc1)C[C@H]1CCN(C(=O)C2=COCCC2)C1. The van der Waals surface area contributed by atoms with Gasteiger partial charge >= 0.3 is 0 Å². The molecule has 3 heterocycles. The van der Waals surface area contributed by atoms with E-state index in [1.54, 1.807) is 12.5 Å². The lowest BCUT2D eigenvalue weighted by molar-refractivity contribution is -0.126. The quantitative estimate of drug-likeness (QED) is 0.834. The molecule has 1 fully saturated rings. The fourth-order valence-corrected chi connectivity index (χ4v) is 3.40. The smallest absolute Gasteiger partial charge is 0.252 e. The summed E-state index contributed by atoms with van der Waals surface area (Å²) < 4.78 is 5.30. The molecule has 0 bridgehead atoms. The molecule has 0 radical (unpaired) electrons. The van der Waals surface area contributed by atoms with Gasteiger partial charge in [-0.25, -0.2) is 0 Å². The molecule has 0 aromatic carbocycles. The van der Waals surface area contributed by atoms with Gasteiger partial charge in [0.05, 0.1) is 18.4 Å². The lowest BCUT2D eigenvalue weighted by Gasteiger charge is -2.23. The van der Waals surface area contributed by atoms with Crippen molar-refractivity contribution in [1.29, 1.82) is 0 Å². The summed E-state index contributed by atoms with van der Waals surface area (Å²) in [6, 6.07) is 4.07. The van der Waals surface area contributed by atoms with E-state index in [0.29, 0.717) is 5.92 Å². The van der Waals surface area contributed by atoms with E-state index in [0.717, 1.165) is 57.6 Å². The third-order valence-electron chi connectivity index (χ3n) is 4.53. The predicted molar refractivity (Wildman–Crippen MR) is 88.5 cm³/mol. The summed E-state index contributed by atoms with van der Waals surface area (Å²) >= 11 is 0. The Morgan fingerprint density at radius 2 is 2.43 bits per heavy atom. The molecule has 0 N–H and O–H groups in total. The zero-order valence-electron chi connectivity index (χ0n) is 13.8. The summed E-state index contributed by atoms with van der Waals surface area (Å²) in [5.41, 5.74) is 2.06. The van der Waals surface area contributed by atoms with Crippen molar-refractivity contribution in [3.8, 4) is 0 Å². The van der Waals surface area contributed by atoms with Crippen molar-refractivity contribution < 1.29 is 9.53 Å². The molecule has 2 aliphatic heterocycles. The summed E-state index contributed by atoms with van der Waals surface area (Å²) in [6.07, 6.45) is 8.25. The lowest BCUT2D eigenvalue weighted by atomic mass is 10.1. The Morgan fingerprint density at radius 1 is 1.52 bits per heavy atom. The van der Waals surface area contributed by atoms with Crippen LogP contribution in [-0.4, -0.2) is 54.0 Å². The van der Waals surface area contributed by atoms with Crippen molar-refractivity contribution >= 4 is 5.91 Å². The first-order chi connectivity index (χ1) is 11.2. The van der Waals surface area contributed by atoms with Gasteiger partial charge in [0.2, 0.25) is 0 Å². The maximum absolute atomic E-state index is 12.5. The molecule has 0 spiro atoms. The molecule has 0 saturated carbocycles. The number of carbonyl (C=O) groups is 1. The molecule has 1 saturated heterocycles. The number of ether oxygens (including phenoxy) is 1. The minimum atomic E-state index is 0.169. The molecule has 1 aromatic heterocycles. The van der Waals surface area contributed by atoms with Gasteiger partial charge in [0, 0.05) is 38.6 Å². The van der Waals surface area contributed by atoms with E-state index in [-0.39, 0.29) is 5.91 Å². The van der Waals surface area contributed by atoms with Crippen LogP contribution in [0.1, 0.15) is 24.8 Å². The Morgan fingerprint density at radius 3 is 3.17 bits per heavy atom. The molecule has 23 heavy (non-hydrogen) atoms. The van der Waals surface area contributed by atoms with Gasteiger partial charge in [0.15, 0.2) is 0 Å². The molecule has 0 aliphatic carbocycles. The number of pyridine rings is 1. The van der Waals surface area contributed by atoms with Gasteiger partial charge in [-0.15, -0.1) is 0 Å². The Bertz CT molecular complexity index is 559. The highest BCUT2D eigenvalue weighted by Gasteiger charge is 2.29. The number of hydrogen-bond donors (Lipinski definition) is 0. The number of carbonyl (C=O) groups excluding carboxylic acids is 1. The van der Waals surface area contributed by atoms with E-state index >= 15 is 0 Å². The van der Waals surface area contributed by atoms with Gasteiger partial charge in [-0.2, -0.15) is 0 Å². The van der Waals surface area contributed by atoms with Crippen molar-refractivity contribution in [2.24, 2.45) is 5.92 Å². The standard InChI is InChI=1S/C18H25N3O2/c1-20(11-15-4-2-7-19-10-15)12-16-6-8-21(13-16)18(22)17-5-3-9-23-14-17/h2,4,7,10,14,16H,3,5-6,8-9,11-13H2,1H3/t16-/m1/s1. The van der Waals surface area contributed by atoms with Gasteiger partial charge in [-0.05, 0) is 43.9 Å². The zero-order chi connectivity index (χ0) is 16.1. The fourth-order valence-electron chi connectivity index (χ4n) is 3.40. The Kier molecular flexibility index (Phi) is 5.28. The van der Waals surface area contributed by atoms with Gasteiger partial charge in [0.1, 0.15) is 0 Å². The third-order valence-corrected chi connectivity index (χ3v) is 4.53. The third kappa shape index (κ3) is 4.32. The van der Waals surface area contributed by atoms with Crippen molar-refractivity contribution in [1.82, 2.24) is 14.8 Å². The second-order valence-corrected chi connectivity index (χ2v) is 6.58. The largest absolute Gasteiger partial charge is 0.501 e. The second kappa shape index (κ2) is 7.59. The molecule has 3 rings (SSSR count). The molecule has 1 atom stereocenters. The number of nitrogens with zero attached hydrogens (tertiary/aromatic N) is 3. The van der Waals surface area contributed by atoms with Crippen LogP contribution in [0.25, 0.3) is 0 Å². The van der Waals surface area contributed by atoms with Crippen LogP contribution in [0.4, 0.5) is 0 Å². The molecule has 0 unspecified atom stereocenters. The minimum Gasteiger partial charge on any atom is -0.501 e. The highest BCUT2D eigenvalue weighted by Crippen LogP contribution is 2.22. The number of aromatic nitrogens is 1. The van der Waals surface area contributed by atoms with E-state index in [1.165, 1.54) is 5.56 Å². The first kappa shape index (κ1) is 16.0. The molecule has 1 aromatic rings. The molecule has 5 nitrogen and oxygen atoms in total. The number of rotatable bonds is 5. The highest BCUT2D eigenvalue weighted by molar-refractivity contribution is 5.93. The van der Waals surface area contributed by atoms with Crippen LogP contribution in [0.2, 0.25) is 0 Å². The predicted octanol–water partition coefficient (Wildman–Crippen LogP) is 2.06. The van der Waals surface area contributed by atoms with Crippen molar-refractivity contribution in [3.63, 3.8) is 0 Å². The summed E-state index contributed by atoms with van der Waals surface area (Å²) in [5, 5.41) is 0. The van der Waals surface area contributed by atoms with E-state index in [9.17, 15) is 4.79 Å². The minimum absolute atomic E-state index is 0.169. The van der Waals surface area contributed by atoms with Crippen LogP contribution in [0, 0.1) is 5.92 Å². The van der Waals surface area contributed by atoms with Crippen LogP contribution in [0.15, 0.2) is 36.4 Å². The Labute approximate surface area is 137 Å². The van der Waals surface area contributed by atoms with E-state index < -0.39 is 0 Å². The summed E-state index contributed by atoms with van der Waals surface area (Å²) in [4.78, 5) is 20.9. The number of amides is 1. The Balaban J connectivity index is 1.47.